The Labute approximate surface area is 91.4 Å². The van der Waals surface area contributed by atoms with Crippen molar-refractivity contribution in [2.24, 2.45) is 0 Å². The topological polar surface area (TPSA) is 74.2 Å². The molecule has 16 heavy (non-hydrogen) atoms. The van der Waals surface area contributed by atoms with Gasteiger partial charge in [0.15, 0.2) is 0 Å². The van der Waals surface area contributed by atoms with Gasteiger partial charge >= 0.3 is 5.63 Å². The third kappa shape index (κ3) is 1.34. The summed E-state index contributed by atoms with van der Waals surface area (Å²) in [5, 5.41) is 19.2. The zero-order valence-electron chi connectivity index (χ0n) is 8.87. The van der Waals surface area contributed by atoms with Crippen LogP contribution in [0, 0.1) is 25.2 Å². The minimum atomic E-state index is -0.461. The average molecular weight is 215 g/mol. The lowest BCUT2D eigenvalue weighted by Crippen LogP contribution is -1.99. The molecular weight excluding hydrogens is 206 g/mol. The number of phenols is 1. The van der Waals surface area contributed by atoms with Gasteiger partial charge < -0.3 is 9.52 Å². The Morgan fingerprint density at radius 1 is 1.38 bits per heavy atom. The number of rotatable bonds is 0. The van der Waals surface area contributed by atoms with E-state index in [2.05, 4.69) is 0 Å². The summed E-state index contributed by atoms with van der Waals surface area (Å²) in [5.74, 6) is -0.135. The number of benzene rings is 1. The molecule has 0 radical (unpaired) electrons. The predicted molar refractivity (Wildman–Crippen MR) is 58.3 cm³/mol. The molecule has 4 nitrogen and oxygen atoms in total. The molecule has 2 rings (SSSR count). The van der Waals surface area contributed by atoms with Gasteiger partial charge in [-0.3, -0.25) is 0 Å². The Morgan fingerprint density at radius 2 is 2.06 bits per heavy atom. The van der Waals surface area contributed by atoms with E-state index in [1.807, 2.05) is 6.07 Å². The molecule has 0 fully saturated rings. The summed E-state index contributed by atoms with van der Waals surface area (Å²) in [6, 6.07) is 4.79. The van der Waals surface area contributed by atoms with E-state index in [4.69, 9.17) is 9.68 Å². The van der Waals surface area contributed by atoms with Crippen LogP contribution in [-0.4, -0.2) is 5.11 Å². The molecular formula is C12H9NO3. The number of nitrogens with zero attached hydrogens (tertiary/aromatic N) is 1. The first kappa shape index (κ1) is 10.2. The first-order valence-electron chi connectivity index (χ1n) is 4.71. The molecule has 1 aromatic heterocycles. The van der Waals surface area contributed by atoms with E-state index in [1.54, 1.807) is 13.8 Å². The summed E-state index contributed by atoms with van der Waals surface area (Å²) in [7, 11) is 0. The molecule has 1 N–H and O–H groups in total. The molecule has 0 aliphatic heterocycles. The zero-order valence-corrected chi connectivity index (χ0v) is 8.87. The van der Waals surface area contributed by atoms with Crippen molar-refractivity contribution >= 4 is 11.0 Å². The second-order valence-corrected chi connectivity index (χ2v) is 3.63. The molecule has 0 saturated heterocycles. The minimum Gasteiger partial charge on any atom is -0.506 e. The maximum absolute atomic E-state index is 11.2. The van der Waals surface area contributed by atoms with Crippen LogP contribution in [0.1, 0.15) is 16.7 Å². The zero-order chi connectivity index (χ0) is 11.9. The SMILES string of the molecule is Cc1cc(=O)oc2c(C)c(O)c(C#N)cc12. The lowest BCUT2D eigenvalue weighted by Gasteiger charge is -2.06. The molecule has 0 unspecified atom stereocenters. The van der Waals surface area contributed by atoms with Gasteiger partial charge in [0, 0.05) is 17.0 Å². The molecule has 0 saturated carbocycles. The van der Waals surface area contributed by atoms with Crippen LogP contribution < -0.4 is 5.63 Å². The maximum Gasteiger partial charge on any atom is 0.336 e. The minimum absolute atomic E-state index is 0.135. The fourth-order valence-corrected chi connectivity index (χ4v) is 1.68. The van der Waals surface area contributed by atoms with Crippen molar-refractivity contribution in [3.8, 4) is 11.8 Å². The highest BCUT2D eigenvalue weighted by atomic mass is 16.4. The smallest absolute Gasteiger partial charge is 0.336 e. The van der Waals surface area contributed by atoms with Gasteiger partial charge in [0.1, 0.15) is 17.4 Å². The summed E-state index contributed by atoms with van der Waals surface area (Å²) < 4.78 is 5.03. The maximum atomic E-state index is 11.2. The fraction of sp³-hybridized carbons (Fsp3) is 0.167. The fourth-order valence-electron chi connectivity index (χ4n) is 1.68. The lowest BCUT2D eigenvalue weighted by atomic mass is 10.0. The molecule has 0 amide bonds. The summed E-state index contributed by atoms with van der Waals surface area (Å²) in [5.41, 5.74) is 1.20. The normalized spacial score (nSPS) is 10.3. The number of aryl methyl sites for hydroxylation is 2. The van der Waals surface area contributed by atoms with Gasteiger partial charge in [0.2, 0.25) is 0 Å². The van der Waals surface area contributed by atoms with E-state index in [9.17, 15) is 9.90 Å². The number of fused-ring (bicyclic) bond motifs is 1. The highest BCUT2D eigenvalue weighted by Gasteiger charge is 2.13. The Morgan fingerprint density at radius 3 is 2.69 bits per heavy atom. The van der Waals surface area contributed by atoms with Crippen LogP contribution in [0.25, 0.3) is 11.0 Å². The summed E-state index contributed by atoms with van der Waals surface area (Å²) in [4.78, 5) is 11.2. The molecule has 0 spiro atoms. The second-order valence-electron chi connectivity index (χ2n) is 3.63. The monoisotopic (exact) mass is 215 g/mol. The Kier molecular flexibility index (Phi) is 2.17. The summed E-state index contributed by atoms with van der Waals surface area (Å²) in [6.45, 7) is 3.37. The molecule has 1 heterocycles. The molecule has 4 heteroatoms. The van der Waals surface area contributed by atoms with Crippen molar-refractivity contribution in [1.82, 2.24) is 0 Å². The van der Waals surface area contributed by atoms with E-state index in [-0.39, 0.29) is 11.3 Å². The predicted octanol–water partition coefficient (Wildman–Crippen LogP) is 1.99. The van der Waals surface area contributed by atoms with Crippen molar-refractivity contribution in [3.63, 3.8) is 0 Å². The summed E-state index contributed by atoms with van der Waals surface area (Å²) in [6.07, 6.45) is 0. The second kappa shape index (κ2) is 3.38. The van der Waals surface area contributed by atoms with Crippen LogP contribution >= 0.6 is 0 Å². The average Bonchev–Trinajstić information content (AvgIpc) is 2.24. The molecule has 80 valence electrons. The number of phenolic OH excluding ortho intramolecular Hbond substituents is 1. The van der Waals surface area contributed by atoms with E-state index in [0.29, 0.717) is 16.5 Å². The number of nitriles is 1. The van der Waals surface area contributed by atoms with Gasteiger partial charge in [-0.1, -0.05) is 0 Å². The molecule has 0 atom stereocenters. The third-order valence-electron chi connectivity index (χ3n) is 2.57. The number of hydrogen-bond donors (Lipinski definition) is 1. The molecule has 2 aromatic rings. The van der Waals surface area contributed by atoms with Gasteiger partial charge in [-0.15, -0.1) is 0 Å². The van der Waals surface area contributed by atoms with E-state index in [0.717, 1.165) is 5.56 Å². The Bertz CT molecular complexity index is 677. The molecule has 0 aliphatic rings. The van der Waals surface area contributed by atoms with Gasteiger partial charge in [0.25, 0.3) is 0 Å². The summed E-state index contributed by atoms with van der Waals surface area (Å²) >= 11 is 0. The van der Waals surface area contributed by atoms with Crippen LogP contribution in [-0.2, 0) is 0 Å². The third-order valence-corrected chi connectivity index (χ3v) is 2.57. The largest absolute Gasteiger partial charge is 0.506 e. The van der Waals surface area contributed by atoms with Gasteiger partial charge in [-0.2, -0.15) is 5.26 Å². The van der Waals surface area contributed by atoms with Crippen molar-refractivity contribution in [3.05, 3.63) is 39.2 Å². The number of hydrogen-bond acceptors (Lipinski definition) is 4. The lowest BCUT2D eigenvalue weighted by molar-refractivity contribution is 0.466. The number of aromatic hydroxyl groups is 1. The first-order valence-corrected chi connectivity index (χ1v) is 4.71. The Balaban J connectivity index is 3.06. The quantitative estimate of drug-likeness (QED) is 0.682. The van der Waals surface area contributed by atoms with Crippen molar-refractivity contribution in [1.29, 1.82) is 5.26 Å². The highest BCUT2D eigenvalue weighted by molar-refractivity contribution is 5.86. The van der Waals surface area contributed by atoms with Gasteiger partial charge in [0.05, 0.1) is 5.56 Å². The standard InChI is InChI=1S/C12H9NO3/c1-6-3-10(14)16-12-7(2)11(15)8(5-13)4-9(6)12/h3-4,15H,1-2H3. The Hall–Kier alpha value is -2.28. The van der Waals surface area contributed by atoms with E-state index < -0.39 is 5.63 Å². The first-order chi connectivity index (χ1) is 7.54. The van der Waals surface area contributed by atoms with Crippen molar-refractivity contribution in [2.75, 3.05) is 0 Å². The molecule has 0 bridgehead atoms. The van der Waals surface area contributed by atoms with E-state index in [1.165, 1.54) is 12.1 Å². The molecule has 1 aromatic carbocycles. The van der Waals surface area contributed by atoms with Crippen molar-refractivity contribution in [2.45, 2.75) is 13.8 Å². The van der Waals surface area contributed by atoms with Crippen LogP contribution in [0.4, 0.5) is 0 Å². The van der Waals surface area contributed by atoms with E-state index >= 15 is 0 Å². The molecule has 0 aliphatic carbocycles. The van der Waals surface area contributed by atoms with Crippen LogP contribution in [0.15, 0.2) is 21.3 Å². The van der Waals surface area contributed by atoms with Crippen LogP contribution in [0.3, 0.4) is 0 Å². The highest BCUT2D eigenvalue weighted by Crippen LogP contribution is 2.30. The van der Waals surface area contributed by atoms with Crippen LogP contribution in [0.5, 0.6) is 5.75 Å². The van der Waals surface area contributed by atoms with Gasteiger partial charge in [-0.25, -0.2) is 4.79 Å². The van der Waals surface area contributed by atoms with Crippen molar-refractivity contribution < 1.29 is 9.52 Å². The van der Waals surface area contributed by atoms with Crippen LogP contribution in [0.2, 0.25) is 0 Å². The van der Waals surface area contributed by atoms with Gasteiger partial charge in [-0.05, 0) is 25.5 Å².